The zero-order chi connectivity index (χ0) is 11.7. The Labute approximate surface area is 94.8 Å². The van der Waals surface area contributed by atoms with E-state index in [1.807, 2.05) is 26.0 Å². The molecule has 16 heavy (non-hydrogen) atoms. The van der Waals surface area contributed by atoms with E-state index >= 15 is 0 Å². The van der Waals surface area contributed by atoms with Crippen molar-refractivity contribution in [3.8, 4) is 22.6 Å². The molecule has 0 aliphatic heterocycles. The van der Waals surface area contributed by atoms with Gasteiger partial charge in [-0.2, -0.15) is 0 Å². The molecule has 2 aromatic carbocycles. The minimum Gasteiger partial charge on any atom is -0.508 e. The van der Waals surface area contributed by atoms with Gasteiger partial charge in [0.25, 0.3) is 0 Å². The van der Waals surface area contributed by atoms with Crippen LogP contribution in [-0.2, 0) is 0 Å². The van der Waals surface area contributed by atoms with Crippen LogP contribution in [0.4, 0.5) is 0 Å². The minimum atomic E-state index is 0.204. The van der Waals surface area contributed by atoms with E-state index in [2.05, 4.69) is 0 Å². The fraction of sp³-hybridized carbons (Fsp3) is 0.143. The molecular weight excluding hydrogens is 200 g/mol. The first-order valence-electron chi connectivity index (χ1n) is 5.17. The van der Waals surface area contributed by atoms with Crippen molar-refractivity contribution >= 4 is 0 Å². The molecule has 0 fully saturated rings. The fourth-order valence-corrected chi connectivity index (χ4v) is 1.71. The first-order valence-corrected chi connectivity index (χ1v) is 5.17. The number of phenolic OH excluding ortho intramolecular Hbond substituents is 2. The molecule has 0 bridgehead atoms. The molecule has 0 saturated heterocycles. The molecule has 0 amide bonds. The second-order valence-electron chi connectivity index (χ2n) is 4.00. The van der Waals surface area contributed by atoms with Crippen LogP contribution in [0.5, 0.6) is 11.5 Å². The van der Waals surface area contributed by atoms with Gasteiger partial charge in [-0.3, -0.25) is 0 Å². The Kier molecular flexibility index (Phi) is 2.57. The molecular formula is C14H14O2. The molecule has 0 aromatic heterocycles. The molecule has 2 N–H and O–H groups in total. The average Bonchev–Trinajstić information content (AvgIpc) is 2.23. The van der Waals surface area contributed by atoms with Crippen molar-refractivity contribution in [1.82, 2.24) is 0 Å². The first-order chi connectivity index (χ1) is 7.58. The SMILES string of the molecule is Cc1cc(O)c(-c2cccc(O)c2)cc1C. The Morgan fingerprint density at radius 1 is 0.875 bits per heavy atom. The van der Waals surface area contributed by atoms with Crippen molar-refractivity contribution in [1.29, 1.82) is 0 Å². The van der Waals surface area contributed by atoms with Crippen LogP contribution in [0.15, 0.2) is 36.4 Å². The summed E-state index contributed by atoms with van der Waals surface area (Å²) in [5, 5.41) is 19.3. The summed E-state index contributed by atoms with van der Waals surface area (Å²) < 4.78 is 0. The van der Waals surface area contributed by atoms with Gasteiger partial charge in [0.1, 0.15) is 11.5 Å². The smallest absolute Gasteiger partial charge is 0.123 e. The first kappa shape index (κ1) is 10.6. The monoisotopic (exact) mass is 214 g/mol. The van der Waals surface area contributed by atoms with E-state index in [4.69, 9.17) is 0 Å². The molecule has 0 aliphatic rings. The molecule has 0 spiro atoms. The zero-order valence-electron chi connectivity index (χ0n) is 9.36. The number of hydrogen-bond donors (Lipinski definition) is 2. The van der Waals surface area contributed by atoms with Crippen molar-refractivity contribution in [2.75, 3.05) is 0 Å². The molecule has 0 heterocycles. The standard InChI is InChI=1S/C14H14O2/c1-9-6-13(14(16)7-10(9)2)11-4-3-5-12(15)8-11/h3-8,15-16H,1-2H3. The molecule has 82 valence electrons. The van der Waals surface area contributed by atoms with Gasteiger partial charge in [-0.05, 0) is 54.8 Å². The fourth-order valence-electron chi connectivity index (χ4n) is 1.71. The second kappa shape index (κ2) is 3.89. The van der Waals surface area contributed by atoms with Crippen LogP contribution in [-0.4, -0.2) is 10.2 Å². The lowest BCUT2D eigenvalue weighted by Crippen LogP contribution is -1.85. The molecule has 0 atom stereocenters. The van der Waals surface area contributed by atoms with Gasteiger partial charge in [0, 0.05) is 5.56 Å². The van der Waals surface area contributed by atoms with Crippen molar-refractivity contribution in [2.24, 2.45) is 0 Å². The van der Waals surface area contributed by atoms with Gasteiger partial charge in [-0.1, -0.05) is 12.1 Å². The number of hydrogen-bond acceptors (Lipinski definition) is 2. The van der Waals surface area contributed by atoms with Gasteiger partial charge in [0.15, 0.2) is 0 Å². The van der Waals surface area contributed by atoms with E-state index in [0.717, 1.165) is 22.3 Å². The second-order valence-corrected chi connectivity index (χ2v) is 4.00. The predicted octanol–water partition coefficient (Wildman–Crippen LogP) is 3.38. The molecule has 0 saturated carbocycles. The summed E-state index contributed by atoms with van der Waals surface area (Å²) in [5.74, 6) is 0.448. The summed E-state index contributed by atoms with van der Waals surface area (Å²) in [6.07, 6.45) is 0. The highest BCUT2D eigenvalue weighted by atomic mass is 16.3. The average molecular weight is 214 g/mol. The third-order valence-corrected chi connectivity index (χ3v) is 2.77. The number of aromatic hydroxyl groups is 2. The zero-order valence-corrected chi connectivity index (χ0v) is 9.36. The normalized spacial score (nSPS) is 10.4. The van der Waals surface area contributed by atoms with Gasteiger partial charge in [0.2, 0.25) is 0 Å². The van der Waals surface area contributed by atoms with Crippen molar-refractivity contribution in [3.05, 3.63) is 47.5 Å². The van der Waals surface area contributed by atoms with Gasteiger partial charge >= 0.3 is 0 Å². The molecule has 0 radical (unpaired) electrons. The lowest BCUT2D eigenvalue weighted by Gasteiger charge is -2.08. The van der Waals surface area contributed by atoms with Crippen molar-refractivity contribution < 1.29 is 10.2 Å². The van der Waals surface area contributed by atoms with Gasteiger partial charge in [0.05, 0.1) is 0 Å². The van der Waals surface area contributed by atoms with Crippen LogP contribution in [0, 0.1) is 13.8 Å². The highest BCUT2D eigenvalue weighted by Crippen LogP contribution is 2.32. The van der Waals surface area contributed by atoms with Crippen molar-refractivity contribution in [2.45, 2.75) is 13.8 Å². The van der Waals surface area contributed by atoms with E-state index in [1.54, 1.807) is 24.3 Å². The Bertz CT molecular complexity index is 530. The van der Waals surface area contributed by atoms with Crippen LogP contribution >= 0.6 is 0 Å². The highest BCUT2D eigenvalue weighted by Gasteiger charge is 2.07. The third-order valence-electron chi connectivity index (χ3n) is 2.77. The Morgan fingerprint density at radius 3 is 2.25 bits per heavy atom. The van der Waals surface area contributed by atoms with E-state index in [0.29, 0.717) is 0 Å². The molecule has 2 rings (SSSR count). The van der Waals surface area contributed by atoms with Gasteiger partial charge in [-0.15, -0.1) is 0 Å². The lowest BCUT2D eigenvalue weighted by molar-refractivity contribution is 0.474. The summed E-state index contributed by atoms with van der Waals surface area (Å²) in [6.45, 7) is 3.96. The van der Waals surface area contributed by atoms with E-state index in [1.165, 1.54) is 0 Å². The molecule has 2 nitrogen and oxygen atoms in total. The molecule has 2 aromatic rings. The highest BCUT2D eigenvalue weighted by molar-refractivity contribution is 5.72. The number of phenols is 2. The van der Waals surface area contributed by atoms with Crippen LogP contribution < -0.4 is 0 Å². The van der Waals surface area contributed by atoms with E-state index in [9.17, 15) is 10.2 Å². The summed E-state index contributed by atoms with van der Waals surface area (Å²) in [7, 11) is 0. The van der Waals surface area contributed by atoms with Crippen LogP contribution in [0.1, 0.15) is 11.1 Å². The topological polar surface area (TPSA) is 40.5 Å². The van der Waals surface area contributed by atoms with E-state index in [-0.39, 0.29) is 11.5 Å². The summed E-state index contributed by atoms with van der Waals surface area (Å²) in [4.78, 5) is 0. The number of benzene rings is 2. The Hall–Kier alpha value is -1.96. The number of aryl methyl sites for hydroxylation is 2. The summed E-state index contributed by atoms with van der Waals surface area (Å²) in [5.41, 5.74) is 3.75. The maximum absolute atomic E-state index is 9.88. The summed E-state index contributed by atoms with van der Waals surface area (Å²) >= 11 is 0. The maximum atomic E-state index is 9.88. The van der Waals surface area contributed by atoms with Crippen LogP contribution in [0.3, 0.4) is 0 Å². The summed E-state index contributed by atoms with van der Waals surface area (Å²) in [6, 6.07) is 10.6. The van der Waals surface area contributed by atoms with E-state index < -0.39 is 0 Å². The van der Waals surface area contributed by atoms with Gasteiger partial charge < -0.3 is 10.2 Å². The quantitative estimate of drug-likeness (QED) is 0.764. The van der Waals surface area contributed by atoms with Crippen molar-refractivity contribution in [3.63, 3.8) is 0 Å². The lowest BCUT2D eigenvalue weighted by atomic mass is 9.99. The maximum Gasteiger partial charge on any atom is 0.123 e. The van der Waals surface area contributed by atoms with Crippen LogP contribution in [0.25, 0.3) is 11.1 Å². The Morgan fingerprint density at radius 2 is 1.56 bits per heavy atom. The van der Waals surface area contributed by atoms with Crippen LogP contribution in [0.2, 0.25) is 0 Å². The molecule has 2 heteroatoms. The number of rotatable bonds is 1. The molecule has 0 aliphatic carbocycles. The van der Waals surface area contributed by atoms with Gasteiger partial charge in [-0.25, -0.2) is 0 Å². The third kappa shape index (κ3) is 1.87. The predicted molar refractivity (Wildman–Crippen MR) is 64.7 cm³/mol. The molecule has 0 unspecified atom stereocenters. The largest absolute Gasteiger partial charge is 0.508 e. The Balaban J connectivity index is 2.60. The minimum absolute atomic E-state index is 0.204.